The molecule has 0 saturated carbocycles. The van der Waals surface area contributed by atoms with Crippen molar-refractivity contribution < 1.29 is 5.11 Å². The van der Waals surface area contributed by atoms with Crippen molar-refractivity contribution in [3.8, 4) is 0 Å². The van der Waals surface area contributed by atoms with Gasteiger partial charge in [-0.2, -0.15) is 0 Å². The number of rotatable bonds is 4. The Balaban J connectivity index is 2.27. The summed E-state index contributed by atoms with van der Waals surface area (Å²) in [6.07, 6.45) is 2.54. The molecule has 0 unspecified atom stereocenters. The largest absolute Gasteiger partial charge is 0.396 e. The lowest BCUT2D eigenvalue weighted by Gasteiger charge is -2.05. The van der Waals surface area contributed by atoms with E-state index in [1.54, 1.807) is 17.5 Å². The van der Waals surface area contributed by atoms with Crippen LogP contribution in [0.3, 0.4) is 0 Å². The van der Waals surface area contributed by atoms with E-state index in [-0.39, 0.29) is 6.61 Å². The molecular weight excluding hydrogens is 276 g/mol. The zero-order valence-electron chi connectivity index (χ0n) is 8.03. The third-order valence-corrected chi connectivity index (χ3v) is 3.62. The molecule has 0 atom stereocenters. The topological polar surface area (TPSA) is 45.1 Å². The van der Waals surface area contributed by atoms with E-state index < -0.39 is 0 Å². The zero-order chi connectivity index (χ0) is 10.7. The van der Waals surface area contributed by atoms with Crippen molar-refractivity contribution in [3.05, 3.63) is 22.1 Å². The fourth-order valence-electron chi connectivity index (χ4n) is 1.34. The fraction of sp³-hybridized carbons (Fsp3) is 0.300. The number of anilines is 1. The Hall–Kier alpha value is -0.650. The highest BCUT2D eigenvalue weighted by Gasteiger charge is 2.06. The van der Waals surface area contributed by atoms with Gasteiger partial charge >= 0.3 is 0 Å². The summed E-state index contributed by atoms with van der Waals surface area (Å²) >= 11 is 5.14. The Morgan fingerprint density at radius 3 is 3.20 bits per heavy atom. The number of aliphatic hydroxyl groups is 1. The lowest BCUT2D eigenvalue weighted by atomic mass is 10.3. The first-order valence-corrected chi connectivity index (χ1v) is 6.36. The molecule has 0 radical (unpaired) electrons. The minimum Gasteiger partial charge on any atom is -0.396 e. The highest BCUT2D eigenvalue weighted by Crippen LogP contribution is 2.32. The highest BCUT2D eigenvalue weighted by molar-refractivity contribution is 9.10. The van der Waals surface area contributed by atoms with E-state index in [0.29, 0.717) is 0 Å². The minimum atomic E-state index is 0.205. The summed E-state index contributed by atoms with van der Waals surface area (Å²) in [5, 5.41) is 15.1. The van der Waals surface area contributed by atoms with Crippen LogP contribution in [0.15, 0.2) is 22.1 Å². The molecule has 0 fully saturated rings. The zero-order valence-corrected chi connectivity index (χ0v) is 10.4. The van der Waals surface area contributed by atoms with E-state index in [0.717, 1.165) is 28.0 Å². The molecule has 2 rings (SSSR count). The number of fused-ring (bicyclic) bond motifs is 1. The Morgan fingerprint density at radius 1 is 1.53 bits per heavy atom. The smallest absolute Gasteiger partial charge is 0.144 e. The van der Waals surface area contributed by atoms with Gasteiger partial charge in [0, 0.05) is 29.2 Å². The van der Waals surface area contributed by atoms with Gasteiger partial charge in [-0.1, -0.05) is 0 Å². The first-order valence-electron chi connectivity index (χ1n) is 4.69. The average Bonchev–Trinajstić information content (AvgIpc) is 2.71. The summed E-state index contributed by atoms with van der Waals surface area (Å²) in [6, 6.07) is 2.07. The molecule has 2 aromatic heterocycles. The molecule has 0 aliphatic rings. The molecule has 0 spiro atoms. The Kier molecular flexibility index (Phi) is 3.56. The maximum absolute atomic E-state index is 8.70. The number of aliphatic hydroxyl groups excluding tert-OH is 1. The fourth-order valence-corrected chi connectivity index (χ4v) is 2.79. The maximum atomic E-state index is 8.70. The molecule has 15 heavy (non-hydrogen) atoms. The van der Waals surface area contributed by atoms with Crippen molar-refractivity contribution in [3.63, 3.8) is 0 Å². The van der Waals surface area contributed by atoms with Crippen LogP contribution in [-0.2, 0) is 0 Å². The van der Waals surface area contributed by atoms with Gasteiger partial charge in [-0.3, -0.25) is 0 Å². The average molecular weight is 287 g/mol. The van der Waals surface area contributed by atoms with Crippen molar-refractivity contribution in [1.82, 2.24) is 4.98 Å². The summed E-state index contributed by atoms with van der Waals surface area (Å²) in [5.41, 5.74) is 0. The third-order valence-electron chi connectivity index (χ3n) is 2.07. The van der Waals surface area contributed by atoms with Gasteiger partial charge in [-0.05, 0) is 33.8 Å². The van der Waals surface area contributed by atoms with Crippen LogP contribution in [0.4, 0.5) is 5.82 Å². The van der Waals surface area contributed by atoms with Crippen molar-refractivity contribution in [2.75, 3.05) is 18.5 Å². The Morgan fingerprint density at radius 2 is 2.40 bits per heavy atom. The molecule has 0 bridgehead atoms. The molecule has 3 nitrogen and oxygen atoms in total. The van der Waals surface area contributed by atoms with E-state index in [1.807, 2.05) is 5.38 Å². The summed E-state index contributed by atoms with van der Waals surface area (Å²) in [5.74, 6) is 0.900. The number of nitrogens with zero attached hydrogens (tertiary/aromatic N) is 1. The molecule has 2 aromatic rings. The molecule has 5 heteroatoms. The van der Waals surface area contributed by atoms with Crippen LogP contribution < -0.4 is 5.32 Å². The van der Waals surface area contributed by atoms with Crippen LogP contribution in [0.25, 0.3) is 10.1 Å². The SMILES string of the molecule is OCCCNc1ncc(Br)c2ccsc12. The number of thiophene rings is 1. The predicted molar refractivity (Wildman–Crippen MR) is 67.5 cm³/mol. The van der Waals surface area contributed by atoms with E-state index in [4.69, 9.17) is 5.11 Å². The normalized spacial score (nSPS) is 10.8. The van der Waals surface area contributed by atoms with Crippen LogP contribution in [0, 0.1) is 0 Å². The van der Waals surface area contributed by atoms with Crippen LogP contribution in [0.2, 0.25) is 0 Å². The van der Waals surface area contributed by atoms with Gasteiger partial charge < -0.3 is 10.4 Å². The number of hydrogen-bond acceptors (Lipinski definition) is 4. The van der Waals surface area contributed by atoms with E-state index in [9.17, 15) is 0 Å². The molecule has 80 valence electrons. The number of hydrogen-bond donors (Lipinski definition) is 2. The first kappa shape index (κ1) is 10.9. The summed E-state index contributed by atoms with van der Waals surface area (Å²) in [7, 11) is 0. The summed E-state index contributed by atoms with van der Waals surface area (Å²) in [6.45, 7) is 0.954. The summed E-state index contributed by atoms with van der Waals surface area (Å²) in [4.78, 5) is 4.32. The molecule has 2 N–H and O–H groups in total. The van der Waals surface area contributed by atoms with Gasteiger partial charge in [0.1, 0.15) is 5.82 Å². The Bertz CT molecular complexity index is 458. The maximum Gasteiger partial charge on any atom is 0.144 e. The van der Waals surface area contributed by atoms with E-state index in [2.05, 4.69) is 32.3 Å². The second kappa shape index (κ2) is 4.92. The first-order chi connectivity index (χ1) is 7.33. The van der Waals surface area contributed by atoms with Crippen LogP contribution in [0.1, 0.15) is 6.42 Å². The van der Waals surface area contributed by atoms with Gasteiger partial charge in [-0.25, -0.2) is 4.98 Å². The number of aromatic nitrogens is 1. The van der Waals surface area contributed by atoms with Crippen LogP contribution in [0.5, 0.6) is 0 Å². The molecule has 0 aliphatic carbocycles. The number of nitrogens with one attached hydrogen (secondary N) is 1. The second-order valence-electron chi connectivity index (χ2n) is 3.12. The lowest BCUT2D eigenvalue weighted by molar-refractivity contribution is 0.292. The van der Waals surface area contributed by atoms with Crippen molar-refractivity contribution in [2.24, 2.45) is 0 Å². The number of pyridine rings is 1. The van der Waals surface area contributed by atoms with E-state index in [1.165, 1.54) is 5.39 Å². The minimum absolute atomic E-state index is 0.205. The third kappa shape index (κ3) is 2.30. The molecule has 0 aromatic carbocycles. The molecule has 0 amide bonds. The molecule has 0 aliphatic heterocycles. The number of halogens is 1. The Labute approximate surface area is 100 Å². The van der Waals surface area contributed by atoms with Gasteiger partial charge in [-0.15, -0.1) is 11.3 Å². The van der Waals surface area contributed by atoms with Crippen molar-refractivity contribution in [2.45, 2.75) is 6.42 Å². The second-order valence-corrected chi connectivity index (χ2v) is 4.89. The standard InChI is InChI=1S/C10H11BrN2OS/c11-8-6-13-10(12-3-1-4-14)9-7(8)2-5-15-9/h2,5-6,14H,1,3-4H2,(H,12,13). The van der Waals surface area contributed by atoms with Gasteiger partial charge in [0.25, 0.3) is 0 Å². The summed E-state index contributed by atoms with van der Waals surface area (Å²) < 4.78 is 2.17. The van der Waals surface area contributed by atoms with Crippen molar-refractivity contribution >= 4 is 43.2 Å². The van der Waals surface area contributed by atoms with Crippen LogP contribution >= 0.6 is 27.3 Å². The van der Waals surface area contributed by atoms with Crippen molar-refractivity contribution in [1.29, 1.82) is 0 Å². The lowest BCUT2D eigenvalue weighted by Crippen LogP contribution is -2.04. The molecule has 2 heterocycles. The van der Waals surface area contributed by atoms with E-state index >= 15 is 0 Å². The monoisotopic (exact) mass is 286 g/mol. The molecular formula is C10H11BrN2OS. The quantitative estimate of drug-likeness (QED) is 0.850. The highest BCUT2D eigenvalue weighted by atomic mass is 79.9. The predicted octanol–water partition coefficient (Wildman–Crippen LogP) is 2.85. The van der Waals surface area contributed by atoms with Gasteiger partial charge in [0.05, 0.1) is 4.70 Å². The van der Waals surface area contributed by atoms with Crippen LogP contribution in [-0.4, -0.2) is 23.2 Å². The molecule has 0 saturated heterocycles. The van der Waals surface area contributed by atoms with Gasteiger partial charge in [0.2, 0.25) is 0 Å². The van der Waals surface area contributed by atoms with Gasteiger partial charge in [0.15, 0.2) is 0 Å².